The highest BCUT2D eigenvalue weighted by molar-refractivity contribution is 6.48. The molecule has 0 radical (unpaired) electrons. The van der Waals surface area contributed by atoms with Gasteiger partial charge in [0.25, 0.3) is 0 Å². The van der Waals surface area contributed by atoms with Crippen molar-refractivity contribution in [2.75, 3.05) is 13.2 Å². The molecular weight excluding hydrogens is 310 g/mol. The summed E-state index contributed by atoms with van der Waals surface area (Å²) < 4.78 is 11.8. The molecule has 0 spiro atoms. The summed E-state index contributed by atoms with van der Waals surface area (Å²) >= 11 is 0. The summed E-state index contributed by atoms with van der Waals surface area (Å²) in [5.74, 6) is 0.231. The second kappa shape index (κ2) is 7.53. The van der Waals surface area contributed by atoms with E-state index in [1.807, 2.05) is 20.8 Å². The van der Waals surface area contributed by atoms with Crippen molar-refractivity contribution < 1.29 is 19.1 Å². The van der Waals surface area contributed by atoms with Crippen LogP contribution >= 0.6 is 0 Å². The number of aliphatic hydroxyl groups excluding tert-OH is 1. The van der Waals surface area contributed by atoms with Gasteiger partial charge in [0.05, 0.1) is 18.8 Å². The van der Waals surface area contributed by atoms with Crippen LogP contribution in [0.5, 0.6) is 0 Å². The summed E-state index contributed by atoms with van der Waals surface area (Å²) in [6.45, 7) is 17.0. The van der Waals surface area contributed by atoms with Crippen LogP contribution in [0.2, 0.25) is 13.1 Å². The molecule has 1 aliphatic heterocycles. The molecular formula is C17H35NO4Si. The van der Waals surface area contributed by atoms with E-state index in [9.17, 15) is 9.90 Å². The molecule has 1 amide bonds. The SMILES string of the molecule is C[SiH](C)OC([C@H]1C[C@@H](CO)N(C(=O)OC(C)(C)C)C1)C(C)(C)C. The molecule has 0 bridgehead atoms. The van der Waals surface area contributed by atoms with E-state index < -0.39 is 14.6 Å². The number of carbonyl (C=O) groups excluding carboxylic acids is 1. The molecule has 1 saturated heterocycles. The largest absolute Gasteiger partial charge is 0.444 e. The average Bonchev–Trinajstić information content (AvgIpc) is 2.76. The van der Waals surface area contributed by atoms with E-state index in [4.69, 9.17) is 9.16 Å². The first kappa shape index (κ1) is 20.5. The summed E-state index contributed by atoms with van der Waals surface area (Å²) in [5.41, 5.74) is -0.522. The summed E-state index contributed by atoms with van der Waals surface area (Å²) in [6, 6.07) is -0.183. The Morgan fingerprint density at radius 3 is 2.22 bits per heavy atom. The highest BCUT2D eigenvalue weighted by atomic mass is 28.3. The van der Waals surface area contributed by atoms with Gasteiger partial charge >= 0.3 is 6.09 Å². The lowest BCUT2D eigenvalue weighted by atomic mass is 9.80. The van der Waals surface area contributed by atoms with E-state index in [0.717, 1.165) is 6.42 Å². The highest BCUT2D eigenvalue weighted by Crippen LogP contribution is 2.37. The Morgan fingerprint density at radius 1 is 1.26 bits per heavy atom. The predicted molar refractivity (Wildman–Crippen MR) is 95.1 cm³/mol. The smallest absolute Gasteiger partial charge is 0.410 e. The first-order chi connectivity index (χ1) is 10.3. The van der Waals surface area contributed by atoms with Gasteiger partial charge in [0, 0.05) is 12.5 Å². The fourth-order valence-corrected chi connectivity index (χ4v) is 4.42. The van der Waals surface area contributed by atoms with Crippen LogP contribution in [0, 0.1) is 11.3 Å². The minimum Gasteiger partial charge on any atom is -0.444 e. The molecule has 0 aromatic carbocycles. The highest BCUT2D eigenvalue weighted by Gasteiger charge is 2.44. The number of hydrogen-bond acceptors (Lipinski definition) is 4. The number of ether oxygens (including phenoxy) is 1. The van der Waals surface area contributed by atoms with Crippen molar-refractivity contribution in [1.82, 2.24) is 4.90 Å². The maximum atomic E-state index is 12.4. The lowest BCUT2D eigenvalue weighted by Crippen LogP contribution is -2.43. The number of rotatable bonds is 4. The number of hydrogen-bond donors (Lipinski definition) is 1. The Kier molecular flexibility index (Phi) is 6.70. The zero-order chi connectivity index (χ0) is 18.0. The molecule has 5 nitrogen and oxygen atoms in total. The number of carbonyl (C=O) groups is 1. The van der Waals surface area contributed by atoms with Crippen molar-refractivity contribution in [1.29, 1.82) is 0 Å². The number of likely N-dealkylation sites (tertiary alicyclic amines) is 1. The Balaban J connectivity index is 2.89. The molecule has 6 heteroatoms. The maximum absolute atomic E-state index is 12.4. The second-order valence-corrected chi connectivity index (χ2v) is 11.3. The minimum atomic E-state index is -1.19. The Labute approximate surface area is 143 Å². The topological polar surface area (TPSA) is 59.0 Å². The summed E-state index contributed by atoms with van der Waals surface area (Å²) in [5, 5.41) is 9.69. The first-order valence-electron chi connectivity index (χ1n) is 8.61. The molecule has 1 fully saturated rings. The van der Waals surface area contributed by atoms with Gasteiger partial charge in [-0.05, 0) is 45.7 Å². The standard InChI is InChI=1S/C17H35NO4Si/c1-16(2,3)14(22-23(7)8)12-9-13(11-19)18(10-12)15(20)21-17(4,5)6/h12-14,19,23H,9-11H2,1-8H3/t12-,13-,14?/m0/s1. The van der Waals surface area contributed by atoms with E-state index in [-0.39, 0.29) is 36.2 Å². The molecule has 1 rings (SSSR count). The van der Waals surface area contributed by atoms with Crippen LogP contribution in [0.15, 0.2) is 0 Å². The molecule has 1 heterocycles. The quantitative estimate of drug-likeness (QED) is 0.796. The molecule has 1 unspecified atom stereocenters. The number of amides is 1. The van der Waals surface area contributed by atoms with E-state index in [1.165, 1.54) is 0 Å². The van der Waals surface area contributed by atoms with E-state index in [0.29, 0.717) is 6.54 Å². The third-order valence-electron chi connectivity index (χ3n) is 3.99. The van der Waals surface area contributed by atoms with Gasteiger partial charge in [-0.15, -0.1) is 0 Å². The third kappa shape index (κ3) is 6.08. The monoisotopic (exact) mass is 345 g/mol. The first-order valence-corrected chi connectivity index (χ1v) is 11.4. The lowest BCUT2D eigenvalue weighted by Gasteiger charge is -2.37. The van der Waals surface area contributed by atoms with Crippen molar-refractivity contribution >= 4 is 15.1 Å². The predicted octanol–water partition coefficient (Wildman–Crippen LogP) is 3.02. The molecule has 0 aromatic heterocycles. The molecule has 0 saturated carbocycles. The van der Waals surface area contributed by atoms with E-state index in [2.05, 4.69) is 33.9 Å². The molecule has 0 aromatic rings. The van der Waals surface area contributed by atoms with Gasteiger partial charge in [-0.1, -0.05) is 20.8 Å². The summed E-state index contributed by atoms with van der Waals surface area (Å²) in [6.07, 6.45) is 0.517. The summed E-state index contributed by atoms with van der Waals surface area (Å²) in [4.78, 5) is 14.1. The third-order valence-corrected chi connectivity index (χ3v) is 4.82. The van der Waals surface area contributed by atoms with Crippen molar-refractivity contribution in [3.8, 4) is 0 Å². The normalized spacial score (nSPS) is 24.2. The molecule has 136 valence electrons. The molecule has 0 aliphatic carbocycles. The zero-order valence-corrected chi connectivity index (χ0v) is 17.2. The minimum absolute atomic E-state index is 0.00584. The van der Waals surface area contributed by atoms with Gasteiger partial charge in [0.15, 0.2) is 9.04 Å². The van der Waals surface area contributed by atoms with Crippen molar-refractivity contribution in [3.05, 3.63) is 0 Å². The van der Waals surface area contributed by atoms with Gasteiger partial charge in [0.1, 0.15) is 5.60 Å². The van der Waals surface area contributed by atoms with Crippen molar-refractivity contribution in [2.24, 2.45) is 11.3 Å². The van der Waals surface area contributed by atoms with Crippen LogP contribution < -0.4 is 0 Å². The molecule has 1 aliphatic rings. The van der Waals surface area contributed by atoms with Crippen LogP contribution in [-0.4, -0.2) is 56.0 Å². The fraction of sp³-hybridized carbons (Fsp3) is 0.941. The zero-order valence-electron chi connectivity index (χ0n) is 16.0. The van der Waals surface area contributed by atoms with Crippen LogP contribution in [0.3, 0.4) is 0 Å². The summed E-state index contributed by atoms with van der Waals surface area (Å²) in [7, 11) is -1.19. The van der Waals surface area contributed by atoms with Gasteiger partial charge < -0.3 is 19.2 Å². The van der Waals surface area contributed by atoms with Crippen LogP contribution in [0.1, 0.15) is 48.0 Å². The Bertz CT molecular complexity index is 400. The average molecular weight is 346 g/mol. The van der Waals surface area contributed by atoms with Gasteiger partial charge in [-0.25, -0.2) is 4.79 Å². The Hall–Kier alpha value is -0.593. The van der Waals surface area contributed by atoms with Gasteiger partial charge in [-0.3, -0.25) is 0 Å². The molecule has 3 atom stereocenters. The molecule has 1 N–H and O–H groups in total. The van der Waals surface area contributed by atoms with E-state index in [1.54, 1.807) is 4.90 Å². The van der Waals surface area contributed by atoms with E-state index >= 15 is 0 Å². The Morgan fingerprint density at radius 2 is 1.83 bits per heavy atom. The second-order valence-electron chi connectivity index (χ2n) is 8.94. The van der Waals surface area contributed by atoms with Crippen LogP contribution in [0.25, 0.3) is 0 Å². The number of aliphatic hydroxyl groups is 1. The molecule has 23 heavy (non-hydrogen) atoms. The fourth-order valence-electron chi connectivity index (χ4n) is 3.21. The van der Waals surface area contributed by atoms with Gasteiger partial charge in [-0.2, -0.15) is 0 Å². The van der Waals surface area contributed by atoms with Crippen molar-refractivity contribution in [3.63, 3.8) is 0 Å². The lowest BCUT2D eigenvalue weighted by molar-refractivity contribution is 0.0128. The van der Waals surface area contributed by atoms with Crippen LogP contribution in [-0.2, 0) is 9.16 Å². The number of nitrogens with zero attached hydrogens (tertiary/aromatic N) is 1. The van der Waals surface area contributed by atoms with Crippen molar-refractivity contribution in [2.45, 2.75) is 78.8 Å². The van der Waals surface area contributed by atoms with Gasteiger partial charge in [0.2, 0.25) is 0 Å². The van der Waals surface area contributed by atoms with Crippen LogP contribution in [0.4, 0.5) is 4.79 Å². The maximum Gasteiger partial charge on any atom is 0.410 e.